The van der Waals surface area contributed by atoms with Crippen molar-refractivity contribution in [2.75, 3.05) is 0 Å². The van der Waals surface area contributed by atoms with Gasteiger partial charge in [-0.3, -0.25) is 0 Å². The first-order chi connectivity index (χ1) is 8.36. The topological polar surface area (TPSA) is 3.88 Å². The van der Waals surface area contributed by atoms with E-state index in [2.05, 4.69) is 42.9 Å². The Morgan fingerprint density at radius 1 is 0.824 bits per heavy atom. The number of hydrogen-bond acceptors (Lipinski definition) is 0. The van der Waals surface area contributed by atoms with Gasteiger partial charge in [-0.15, -0.1) is 0 Å². The van der Waals surface area contributed by atoms with Gasteiger partial charge in [-0.05, 0) is 24.8 Å². The summed E-state index contributed by atoms with van der Waals surface area (Å²) in [6, 6.07) is 4.56. The van der Waals surface area contributed by atoms with E-state index in [-0.39, 0.29) is 0 Å². The Morgan fingerprint density at radius 2 is 1.47 bits per heavy atom. The molecule has 0 spiro atoms. The number of aromatic nitrogens is 1. The number of nitrogens with zero attached hydrogens (tertiary/aromatic N) is 1. The van der Waals surface area contributed by atoms with Crippen LogP contribution in [0.1, 0.15) is 64.4 Å². The second kappa shape index (κ2) is 9.21. The third-order valence-corrected chi connectivity index (χ3v) is 3.30. The lowest BCUT2D eigenvalue weighted by Gasteiger charge is -2.00. The first-order valence-corrected chi connectivity index (χ1v) is 7.34. The zero-order valence-corrected chi connectivity index (χ0v) is 11.6. The van der Waals surface area contributed by atoms with E-state index in [9.17, 15) is 0 Å². The minimum absolute atomic E-state index is 1.18. The van der Waals surface area contributed by atoms with Crippen molar-refractivity contribution in [1.82, 2.24) is 0 Å². The van der Waals surface area contributed by atoms with Crippen molar-refractivity contribution in [2.45, 2.75) is 71.8 Å². The zero-order valence-electron chi connectivity index (χ0n) is 11.6. The number of unbranched alkanes of at least 4 members (excludes halogenated alkanes) is 5. The van der Waals surface area contributed by atoms with Crippen molar-refractivity contribution < 1.29 is 4.57 Å². The third kappa shape index (κ3) is 6.45. The van der Waals surface area contributed by atoms with Crippen molar-refractivity contribution in [3.63, 3.8) is 0 Å². The number of rotatable bonds is 9. The van der Waals surface area contributed by atoms with Gasteiger partial charge < -0.3 is 0 Å². The fraction of sp³-hybridized carbons (Fsp3) is 0.688. The van der Waals surface area contributed by atoms with Gasteiger partial charge in [0.2, 0.25) is 0 Å². The van der Waals surface area contributed by atoms with Gasteiger partial charge in [0.1, 0.15) is 6.54 Å². The molecule has 0 atom stereocenters. The highest BCUT2D eigenvalue weighted by Gasteiger charge is 2.00. The molecule has 0 aromatic carbocycles. The molecule has 17 heavy (non-hydrogen) atoms. The molecule has 1 nitrogen and oxygen atoms in total. The van der Waals surface area contributed by atoms with Gasteiger partial charge in [-0.1, -0.05) is 39.5 Å². The van der Waals surface area contributed by atoms with Gasteiger partial charge in [0.25, 0.3) is 0 Å². The fourth-order valence-electron chi connectivity index (χ4n) is 2.08. The Kier molecular flexibility index (Phi) is 7.70. The molecule has 0 unspecified atom stereocenters. The van der Waals surface area contributed by atoms with Crippen LogP contribution in [-0.2, 0) is 13.0 Å². The van der Waals surface area contributed by atoms with Crippen LogP contribution < -0.4 is 4.57 Å². The predicted molar refractivity (Wildman–Crippen MR) is 74.0 cm³/mol. The molecule has 0 aliphatic carbocycles. The van der Waals surface area contributed by atoms with E-state index in [1.165, 1.54) is 63.5 Å². The Hall–Kier alpha value is -0.850. The Bertz CT molecular complexity index is 276. The van der Waals surface area contributed by atoms with E-state index >= 15 is 0 Å². The van der Waals surface area contributed by atoms with E-state index in [4.69, 9.17) is 0 Å². The van der Waals surface area contributed by atoms with Crippen LogP contribution in [0.3, 0.4) is 0 Å². The predicted octanol–water partition coefficient (Wildman–Crippen LogP) is 4.29. The third-order valence-electron chi connectivity index (χ3n) is 3.30. The molecule has 0 saturated heterocycles. The van der Waals surface area contributed by atoms with Crippen molar-refractivity contribution >= 4 is 0 Å². The summed E-state index contributed by atoms with van der Waals surface area (Å²) < 4.78 is 2.32. The maximum Gasteiger partial charge on any atom is 0.169 e. The summed E-state index contributed by atoms with van der Waals surface area (Å²) in [7, 11) is 0. The van der Waals surface area contributed by atoms with Crippen molar-refractivity contribution in [2.24, 2.45) is 0 Å². The average molecular weight is 234 g/mol. The molecular formula is C16H28N+. The molecule has 1 aromatic rings. The molecule has 0 saturated carbocycles. The molecule has 0 radical (unpaired) electrons. The molecule has 1 heteroatoms. The normalized spacial score (nSPS) is 10.7. The standard InChI is InChI=1S/C16H28N/c1-3-5-7-8-9-13-17-14-11-16(12-15-17)10-6-4-2/h11-12,14-15H,3-10,13H2,1-2H3/q+1. The SMILES string of the molecule is CCCCCCC[n+]1ccc(CCCC)cc1. The van der Waals surface area contributed by atoms with Gasteiger partial charge >= 0.3 is 0 Å². The minimum Gasteiger partial charge on any atom is -0.205 e. The van der Waals surface area contributed by atoms with E-state index in [1.807, 2.05) is 0 Å². The van der Waals surface area contributed by atoms with E-state index in [0.29, 0.717) is 0 Å². The molecule has 0 bridgehead atoms. The lowest BCUT2D eigenvalue weighted by atomic mass is 10.1. The first kappa shape index (κ1) is 14.2. The highest BCUT2D eigenvalue weighted by atomic mass is 14.9. The number of pyridine rings is 1. The Morgan fingerprint density at radius 3 is 2.12 bits per heavy atom. The van der Waals surface area contributed by atoms with Crippen molar-refractivity contribution in [3.8, 4) is 0 Å². The fourth-order valence-corrected chi connectivity index (χ4v) is 2.08. The number of hydrogen-bond donors (Lipinski definition) is 0. The molecule has 0 amide bonds. The molecular weight excluding hydrogens is 206 g/mol. The molecule has 0 fully saturated rings. The zero-order chi connectivity index (χ0) is 12.3. The lowest BCUT2D eigenvalue weighted by molar-refractivity contribution is -0.697. The summed E-state index contributed by atoms with van der Waals surface area (Å²) in [6.45, 7) is 5.70. The first-order valence-electron chi connectivity index (χ1n) is 7.34. The van der Waals surface area contributed by atoms with Crippen molar-refractivity contribution in [1.29, 1.82) is 0 Å². The van der Waals surface area contributed by atoms with Crippen LogP contribution in [0.4, 0.5) is 0 Å². The minimum atomic E-state index is 1.18. The van der Waals surface area contributed by atoms with Gasteiger partial charge in [0.15, 0.2) is 12.4 Å². The molecule has 96 valence electrons. The summed E-state index contributed by atoms with van der Waals surface area (Å²) in [5.41, 5.74) is 1.48. The smallest absolute Gasteiger partial charge is 0.169 e. The molecule has 0 aliphatic heterocycles. The van der Waals surface area contributed by atoms with Crippen LogP contribution in [0.2, 0.25) is 0 Å². The maximum absolute atomic E-state index is 2.32. The summed E-state index contributed by atoms with van der Waals surface area (Å²) in [6.07, 6.45) is 15.1. The largest absolute Gasteiger partial charge is 0.205 e. The summed E-state index contributed by atoms with van der Waals surface area (Å²) in [5.74, 6) is 0. The van der Waals surface area contributed by atoms with Crippen LogP contribution in [0.25, 0.3) is 0 Å². The van der Waals surface area contributed by atoms with Crippen LogP contribution in [0.15, 0.2) is 24.5 Å². The maximum atomic E-state index is 2.32. The van der Waals surface area contributed by atoms with Crippen LogP contribution >= 0.6 is 0 Å². The quantitative estimate of drug-likeness (QED) is 0.443. The van der Waals surface area contributed by atoms with Crippen LogP contribution in [0, 0.1) is 0 Å². The Labute approximate surface area is 107 Å². The lowest BCUT2D eigenvalue weighted by Crippen LogP contribution is -2.32. The molecule has 0 aliphatic rings. The van der Waals surface area contributed by atoms with Gasteiger partial charge in [0.05, 0.1) is 0 Å². The molecule has 1 heterocycles. The highest BCUT2D eigenvalue weighted by Crippen LogP contribution is 2.04. The van der Waals surface area contributed by atoms with Crippen LogP contribution in [0.5, 0.6) is 0 Å². The van der Waals surface area contributed by atoms with E-state index in [1.54, 1.807) is 0 Å². The van der Waals surface area contributed by atoms with Gasteiger partial charge in [-0.25, -0.2) is 4.57 Å². The van der Waals surface area contributed by atoms with E-state index < -0.39 is 0 Å². The summed E-state index contributed by atoms with van der Waals surface area (Å²) in [4.78, 5) is 0. The second-order valence-electron chi connectivity index (χ2n) is 4.96. The van der Waals surface area contributed by atoms with Crippen molar-refractivity contribution in [3.05, 3.63) is 30.1 Å². The van der Waals surface area contributed by atoms with Gasteiger partial charge in [-0.2, -0.15) is 0 Å². The molecule has 0 N–H and O–H groups in total. The second-order valence-corrected chi connectivity index (χ2v) is 4.96. The number of aryl methyl sites for hydroxylation is 2. The summed E-state index contributed by atoms with van der Waals surface area (Å²) >= 11 is 0. The molecule has 1 aromatic heterocycles. The van der Waals surface area contributed by atoms with E-state index in [0.717, 1.165) is 0 Å². The summed E-state index contributed by atoms with van der Waals surface area (Å²) in [5, 5.41) is 0. The monoisotopic (exact) mass is 234 g/mol. The van der Waals surface area contributed by atoms with Gasteiger partial charge in [0, 0.05) is 18.6 Å². The Balaban J connectivity index is 2.20. The van der Waals surface area contributed by atoms with Crippen LogP contribution in [-0.4, -0.2) is 0 Å². The molecule has 1 rings (SSSR count). The highest BCUT2D eigenvalue weighted by molar-refractivity contribution is 5.06. The average Bonchev–Trinajstić information content (AvgIpc) is 2.37.